The Morgan fingerprint density at radius 1 is 1.21 bits per heavy atom. The molecule has 0 bridgehead atoms. The first-order valence-corrected chi connectivity index (χ1v) is 11.0. The van der Waals surface area contributed by atoms with Gasteiger partial charge in [-0.15, -0.1) is 0 Å². The SMILES string of the molecule is COc1ccc(Cl)cc1/C(O)=C1\C(=O)C(=O)N(CCOC(C)C)C1c1c[nH]c2ccccc12. The first-order chi connectivity index (χ1) is 15.8. The standard InChI is InChI=1S/C25H25ClN2O5/c1-14(2)33-11-10-28-22(18-13-27-19-7-5-4-6-16(18)19)21(24(30)25(28)31)23(29)17-12-15(26)8-9-20(17)32-3/h4-9,12-14,22,27,29H,10-11H2,1-3H3/b23-21+. The minimum Gasteiger partial charge on any atom is -0.507 e. The van der Waals surface area contributed by atoms with Gasteiger partial charge in [0, 0.05) is 34.2 Å². The number of benzene rings is 2. The van der Waals surface area contributed by atoms with Crippen molar-refractivity contribution in [3.63, 3.8) is 0 Å². The van der Waals surface area contributed by atoms with E-state index >= 15 is 0 Å². The highest BCUT2D eigenvalue weighted by atomic mass is 35.5. The van der Waals surface area contributed by atoms with Gasteiger partial charge < -0.3 is 24.5 Å². The van der Waals surface area contributed by atoms with Crippen LogP contribution in [0.3, 0.4) is 0 Å². The van der Waals surface area contributed by atoms with Crippen LogP contribution in [-0.2, 0) is 14.3 Å². The number of aromatic amines is 1. The molecule has 1 unspecified atom stereocenters. The number of H-pyrrole nitrogens is 1. The predicted octanol–water partition coefficient (Wildman–Crippen LogP) is 4.68. The maximum absolute atomic E-state index is 13.2. The summed E-state index contributed by atoms with van der Waals surface area (Å²) in [5.74, 6) is -1.46. The van der Waals surface area contributed by atoms with Gasteiger partial charge in [-0.05, 0) is 38.1 Å². The first-order valence-electron chi connectivity index (χ1n) is 10.6. The van der Waals surface area contributed by atoms with E-state index in [0.29, 0.717) is 16.3 Å². The molecule has 1 aliphatic heterocycles. The predicted molar refractivity (Wildman–Crippen MR) is 126 cm³/mol. The van der Waals surface area contributed by atoms with E-state index in [4.69, 9.17) is 21.1 Å². The average molecular weight is 469 g/mol. The highest BCUT2D eigenvalue weighted by Gasteiger charge is 2.47. The van der Waals surface area contributed by atoms with Crippen molar-refractivity contribution >= 4 is 40.0 Å². The monoisotopic (exact) mass is 468 g/mol. The Hall–Kier alpha value is -3.29. The van der Waals surface area contributed by atoms with Crippen LogP contribution < -0.4 is 4.74 Å². The van der Waals surface area contributed by atoms with Crippen LogP contribution in [0.15, 0.2) is 54.2 Å². The molecule has 1 saturated heterocycles. The molecule has 1 amide bonds. The van der Waals surface area contributed by atoms with Crippen molar-refractivity contribution in [2.75, 3.05) is 20.3 Å². The number of hydrogen-bond donors (Lipinski definition) is 2. The Balaban J connectivity index is 1.91. The number of carbonyl (C=O) groups excluding carboxylic acids is 2. The van der Waals surface area contributed by atoms with E-state index in [1.165, 1.54) is 18.1 Å². The number of aliphatic hydroxyl groups excluding tert-OH is 1. The molecule has 1 aromatic heterocycles. The van der Waals surface area contributed by atoms with E-state index in [1.807, 2.05) is 38.1 Å². The molecule has 8 heteroatoms. The topological polar surface area (TPSA) is 91.9 Å². The molecule has 4 rings (SSSR count). The molecule has 2 heterocycles. The van der Waals surface area contributed by atoms with Crippen molar-refractivity contribution in [2.45, 2.75) is 26.0 Å². The minimum atomic E-state index is -0.805. The number of hydrogen-bond acceptors (Lipinski definition) is 5. The number of carbonyl (C=O) groups is 2. The number of aromatic nitrogens is 1. The maximum Gasteiger partial charge on any atom is 0.295 e. The van der Waals surface area contributed by atoms with E-state index in [2.05, 4.69) is 4.98 Å². The van der Waals surface area contributed by atoms with Crippen molar-refractivity contribution < 1.29 is 24.2 Å². The summed E-state index contributed by atoms with van der Waals surface area (Å²) >= 11 is 6.16. The quantitative estimate of drug-likeness (QED) is 0.298. The fourth-order valence-corrected chi connectivity index (χ4v) is 4.32. The number of rotatable bonds is 7. The second kappa shape index (κ2) is 9.29. The molecule has 1 atom stereocenters. The summed E-state index contributed by atoms with van der Waals surface area (Å²) in [6, 6.07) is 11.5. The number of methoxy groups -OCH3 is 1. The van der Waals surface area contributed by atoms with E-state index in [-0.39, 0.29) is 36.2 Å². The zero-order valence-electron chi connectivity index (χ0n) is 18.6. The van der Waals surface area contributed by atoms with Gasteiger partial charge in [0.1, 0.15) is 11.5 Å². The second-order valence-corrected chi connectivity index (χ2v) is 8.48. The second-order valence-electron chi connectivity index (χ2n) is 8.05. The molecular weight excluding hydrogens is 444 g/mol. The van der Waals surface area contributed by atoms with Gasteiger partial charge in [-0.1, -0.05) is 29.8 Å². The summed E-state index contributed by atoms with van der Waals surface area (Å²) in [5, 5.41) is 12.5. The number of likely N-dealkylation sites (tertiary alicyclic amines) is 1. The molecule has 1 fully saturated rings. The molecule has 2 N–H and O–H groups in total. The van der Waals surface area contributed by atoms with Crippen molar-refractivity contribution in [3.8, 4) is 5.75 Å². The van der Waals surface area contributed by atoms with Gasteiger partial charge in [0.15, 0.2) is 0 Å². The number of Topliss-reactive ketones (excluding diaryl/α,β-unsaturated/α-hetero) is 1. The Bertz CT molecular complexity index is 1250. The summed E-state index contributed by atoms with van der Waals surface area (Å²) in [6.45, 7) is 4.24. The van der Waals surface area contributed by atoms with E-state index in [1.54, 1.807) is 18.3 Å². The number of halogens is 1. The molecule has 172 valence electrons. The minimum absolute atomic E-state index is 0.0186. The summed E-state index contributed by atoms with van der Waals surface area (Å²) < 4.78 is 11.0. The molecule has 2 aromatic carbocycles. The zero-order valence-corrected chi connectivity index (χ0v) is 19.3. The lowest BCUT2D eigenvalue weighted by atomic mass is 9.94. The van der Waals surface area contributed by atoms with Gasteiger partial charge in [-0.25, -0.2) is 0 Å². The number of ether oxygens (including phenoxy) is 2. The number of para-hydroxylation sites is 1. The third kappa shape index (κ3) is 4.21. The molecule has 3 aromatic rings. The van der Waals surface area contributed by atoms with Crippen LogP contribution >= 0.6 is 11.6 Å². The molecule has 1 aliphatic rings. The Labute approximate surface area is 196 Å². The van der Waals surface area contributed by atoms with E-state index < -0.39 is 17.7 Å². The van der Waals surface area contributed by atoms with Crippen molar-refractivity contribution in [1.29, 1.82) is 0 Å². The lowest BCUT2D eigenvalue weighted by molar-refractivity contribution is -0.140. The fraction of sp³-hybridized carbons (Fsp3) is 0.280. The molecule has 0 aliphatic carbocycles. The maximum atomic E-state index is 13.2. The highest BCUT2D eigenvalue weighted by Crippen LogP contribution is 2.43. The number of fused-ring (bicyclic) bond motifs is 1. The van der Waals surface area contributed by atoms with Crippen LogP contribution in [0.4, 0.5) is 0 Å². The largest absolute Gasteiger partial charge is 0.507 e. The van der Waals surface area contributed by atoms with Crippen molar-refractivity contribution in [3.05, 3.63) is 70.4 Å². The van der Waals surface area contributed by atoms with Gasteiger partial charge in [0.2, 0.25) is 0 Å². The normalized spacial score (nSPS) is 18.0. The smallest absolute Gasteiger partial charge is 0.295 e. The first kappa shape index (κ1) is 22.9. The Kier molecular flexibility index (Phi) is 6.44. The fourth-order valence-electron chi connectivity index (χ4n) is 4.15. The van der Waals surface area contributed by atoms with Crippen LogP contribution in [0.25, 0.3) is 16.7 Å². The molecular formula is C25H25ClN2O5. The van der Waals surface area contributed by atoms with Gasteiger partial charge in [-0.3, -0.25) is 9.59 Å². The summed E-state index contributed by atoms with van der Waals surface area (Å²) in [5.41, 5.74) is 1.79. The molecule has 7 nitrogen and oxygen atoms in total. The third-order valence-corrected chi connectivity index (χ3v) is 5.89. The lowest BCUT2D eigenvalue weighted by Gasteiger charge is -2.25. The van der Waals surface area contributed by atoms with Crippen LogP contribution in [0.2, 0.25) is 5.02 Å². The third-order valence-electron chi connectivity index (χ3n) is 5.66. The van der Waals surface area contributed by atoms with Gasteiger partial charge in [0.25, 0.3) is 11.7 Å². The number of aliphatic hydroxyl groups is 1. The lowest BCUT2D eigenvalue weighted by Crippen LogP contribution is -2.33. The summed E-state index contributed by atoms with van der Waals surface area (Å²) in [6.07, 6.45) is 1.74. The summed E-state index contributed by atoms with van der Waals surface area (Å²) in [7, 11) is 1.46. The van der Waals surface area contributed by atoms with Crippen LogP contribution in [0.5, 0.6) is 5.75 Å². The number of ketones is 1. The van der Waals surface area contributed by atoms with E-state index in [0.717, 1.165) is 10.9 Å². The average Bonchev–Trinajstić information content (AvgIpc) is 3.32. The zero-order chi connectivity index (χ0) is 23.7. The molecule has 0 saturated carbocycles. The van der Waals surface area contributed by atoms with Crippen LogP contribution in [-0.4, -0.2) is 53.0 Å². The Morgan fingerprint density at radius 3 is 2.70 bits per heavy atom. The van der Waals surface area contributed by atoms with Gasteiger partial charge in [-0.2, -0.15) is 0 Å². The molecule has 0 radical (unpaired) electrons. The molecule has 0 spiro atoms. The van der Waals surface area contributed by atoms with Crippen molar-refractivity contribution in [1.82, 2.24) is 9.88 Å². The van der Waals surface area contributed by atoms with E-state index in [9.17, 15) is 14.7 Å². The van der Waals surface area contributed by atoms with Crippen LogP contribution in [0.1, 0.15) is 31.0 Å². The summed E-state index contributed by atoms with van der Waals surface area (Å²) in [4.78, 5) is 31.0. The van der Waals surface area contributed by atoms with Gasteiger partial charge >= 0.3 is 0 Å². The van der Waals surface area contributed by atoms with Crippen LogP contribution in [0, 0.1) is 0 Å². The number of nitrogens with one attached hydrogen (secondary N) is 1. The highest BCUT2D eigenvalue weighted by molar-refractivity contribution is 6.46. The number of nitrogens with zero attached hydrogens (tertiary/aromatic N) is 1. The molecule has 33 heavy (non-hydrogen) atoms. The van der Waals surface area contributed by atoms with Gasteiger partial charge in [0.05, 0.1) is 37.0 Å². The Morgan fingerprint density at radius 2 is 1.97 bits per heavy atom. The van der Waals surface area contributed by atoms with Crippen molar-refractivity contribution in [2.24, 2.45) is 0 Å². The number of amides is 1.